The van der Waals surface area contributed by atoms with E-state index in [1.165, 1.54) is 23.1 Å². The van der Waals surface area contributed by atoms with Crippen molar-refractivity contribution in [3.05, 3.63) is 64.7 Å². The van der Waals surface area contributed by atoms with Gasteiger partial charge in [0.25, 0.3) is 11.8 Å². The Morgan fingerprint density at radius 3 is 2.37 bits per heavy atom. The fourth-order valence-corrected chi connectivity index (χ4v) is 5.05. The predicted octanol–water partition coefficient (Wildman–Crippen LogP) is 3.89. The third-order valence-corrected chi connectivity index (χ3v) is 6.78. The maximum Gasteiger partial charge on any atom is 0.262 e. The van der Waals surface area contributed by atoms with E-state index in [0.717, 1.165) is 9.60 Å². The third-order valence-electron chi connectivity index (χ3n) is 5.03. The number of carbonyl (C=O) groups excluding carboxylic acids is 3. The second-order valence-corrected chi connectivity index (χ2v) is 8.86. The topological polar surface area (TPSA) is 91.1 Å². The van der Waals surface area contributed by atoms with Crippen molar-refractivity contribution in [1.82, 2.24) is 9.88 Å². The summed E-state index contributed by atoms with van der Waals surface area (Å²) in [5.41, 5.74) is 1.29. The summed E-state index contributed by atoms with van der Waals surface area (Å²) >= 11 is 2.80. The normalized spacial score (nSPS) is 15.1. The predicted molar refractivity (Wildman–Crippen MR) is 117 cm³/mol. The molecule has 2 heterocycles. The fourth-order valence-electron chi connectivity index (χ4n) is 3.57. The van der Waals surface area contributed by atoms with E-state index in [4.69, 9.17) is 0 Å². The lowest BCUT2D eigenvalue weighted by atomic mass is 9.96. The van der Waals surface area contributed by atoms with E-state index in [2.05, 4.69) is 11.1 Å². The van der Waals surface area contributed by atoms with Gasteiger partial charge >= 0.3 is 0 Å². The van der Waals surface area contributed by atoms with Crippen molar-refractivity contribution < 1.29 is 14.4 Å². The molecule has 1 aliphatic rings. The van der Waals surface area contributed by atoms with Crippen LogP contribution in [0, 0.1) is 11.3 Å². The van der Waals surface area contributed by atoms with E-state index in [0.29, 0.717) is 16.3 Å². The van der Waals surface area contributed by atoms with Crippen LogP contribution in [0.4, 0.5) is 0 Å². The average Bonchev–Trinajstić information content (AvgIpc) is 3.29. The number of hydrogen-bond acceptors (Lipinski definition) is 7. The van der Waals surface area contributed by atoms with Gasteiger partial charge in [0.1, 0.15) is 11.0 Å². The van der Waals surface area contributed by atoms with Crippen LogP contribution >= 0.6 is 23.1 Å². The Kier molecular flexibility index (Phi) is 5.66. The third kappa shape index (κ3) is 3.40. The van der Waals surface area contributed by atoms with Crippen LogP contribution < -0.4 is 0 Å². The Bertz CT molecular complexity index is 1130. The molecular formula is C22H17N3O3S2. The summed E-state index contributed by atoms with van der Waals surface area (Å²) in [6, 6.07) is 15.0. The first kappa shape index (κ1) is 20.3. The number of rotatable bonds is 7. The number of para-hydroxylation sites is 1. The maximum atomic E-state index is 13.5. The van der Waals surface area contributed by atoms with E-state index < -0.39 is 29.6 Å². The van der Waals surface area contributed by atoms with Gasteiger partial charge in [-0.25, -0.2) is 4.98 Å². The molecule has 3 aromatic rings. The van der Waals surface area contributed by atoms with Crippen molar-refractivity contribution >= 4 is 50.9 Å². The van der Waals surface area contributed by atoms with Gasteiger partial charge < -0.3 is 0 Å². The molecule has 6 nitrogen and oxygen atoms in total. The lowest BCUT2D eigenvalue weighted by molar-refractivity contribution is -0.123. The largest absolute Gasteiger partial charge is 0.295 e. The zero-order chi connectivity index (χ0) is 21.3. The molecule has 1 aliphatic heterocycles. The molecule has 0 saturated heterocycles. The van der Waals surface area contributed by atoms with Gasteiger partial charge in [0.05, 0.1) is 27.4 Å². The van der Waals surface area contributed by atoms with Crippen molar-refractivity contribution in [1.29, 1.82) is 5.26 Å². The number of thiazole rings is 1. The quantitative estimate of drug-likeness (QED) is 0.523. The zero-order valence-electron chi connectivity index (χ0n) is 16.1. The van der Waals surface area contributed by atoms with Crippen LogP contribution in [0.25, 0.3) is 10.2 Å². The lowest BCUT2D eigenvalue weighted by Crippen LogP contribution is -2.46. The summed E-state index contributed by atoms with van der Waals surface area (Å²) in [6.45, 7) is 0. The number of aromatic nitrogens is 1. The number of Topliss-reactive ketones (excluding diaryl/α,β-unsaturated/α-hetero) is 1. The summed E-state index contributed by atoms with van der Waals surface area (Å²) in [5.74, 6) is -2.02. The van der Waals surface area contributed by atoms with Gasteiger partial charge in [0.2, 0.25) is 0 Å². The average molecular weight is 436 g/mol. The number of imide groups is 1. The molecule has 0 fully saturated rings. The van der Waals surface area contributed by atoms with Crippen molar-refractivity contribution in [2.45, 2.75) is 18.4 Å². The van der Waals surface area contributed by atoms with Crippen LogP contribution in [-0.2, 0) is 4.79 Å². The van der Waals surface area contributed by atoms with E-state index in [9.17, 15) is 19.6 Å². The smallest absolute Gasteiger partial charge is 0.262 e. The highest BCUT2D eigenvalue weighted by molar-refractivity contribution is 7.98. The number of fused-ring (bicyclic) bond motifs is 2. The first-order chi connectivity index (χ1) is 14.6. The van der Waals surface area contributed by atoms with Gasteiger partial charge in [-0.2, -0.15) is 17.0 Å². The second-order valence-electron chi connectivity index (χ2n) is 6.81. The highest BCUT2D eigenvalue weighted by Crippen LogP contribution is 2.32. The van der Waals surface area contributed by atoms with Crippen LogP contribution in [0.15, 0.2) is 48.5 Å². The molecule has 0 spiro atoms. The van der Waals surface area contributed by atoms with Crippen molar-refractivity contribution in [2.24, 2.45) is 0 Å². The highest BCUT2D eigenvalue weighted by Gasteiger charge is 2.44. The summed E-state index contributed by atoms with van der Waals surface area (Å²) < 4.78 is 0.877. The minimum atomic E-state index is -1.14. The molecule has 0 radical (unpaired) electrons. The Labute approximate surface area is 181 Å². The Morgan fingerprint density at radius 2 is 1.77 bits per heavy atom. The van der Waals surface area contributed by atoms with Gasteiger partial charge in [0, 0.05) is 0 Å². The minimum absolute atomic E-state index is 0.286. The minimum Gasteiger partial charge on any atom is -0.295 e. The van der Waals surface area contributed by atoms with E-state index in [1.807, 2.05) is 30.5 Å². The Balaban J connectivity index is 1.71. The Morgan fingerprint density at radius 1 is 1.13 bits per heavy atom. The van der Waals surface area contributed by atoms with Crippen molar-refractivity contribution in [2.75, 3.05) is 12.0 Å². The molecule has 30 heavy (non-hydrogen) atoms. The van der Waals surface area contributed by atoms with Gasteiger partial charge in [-0.3, -0.25) is 19.3 Å². The molecule has 8 heteroatoms. The molecule has 150 valence electrons. The molecule has 4 rings (SSSR count). The maximum absolute atomic E-state index is 13.5. The number of carbonyl (C=O) groups is 3. The molecule has 0 unspecified atom stereocenters. The summed E-state index contributed by atoms with van der Waals surface area (Å²) in [4.78, 5) is 44.9. The van der Waals surface area contributed by atoms with Gasteiger partial charge in [-0.1, -0.05) is 24.3 Å². The number of ketones is 1. The fraction of sp³-hybridized carbons (Fsp3) is 0.227. The molecule has 0 bridgehead atoms. The first-order valence-electron chi connectivity index (χ1n) is 9.31. The monoisotopic (exact) mass is 435 g/mol. The molecule has 1 aromatic heterocycles. The summed E-state index contributed by atoms with van der Waals surface area (Å²) in [6.07, 6.45) is 2.17. The molecule has 0 saturated carbocycles. The van der Waals surface area contributed by atoms with E-state index in [-0.39, 0.29) is 17.5 Å². The van der Waals surface area contributed by atoms with Crippen LogP contribution in [0.3, 0.4) is 0 Å². The number of thioether (sulfide) groups is 1. The first-order valence-corrected chi connectivity index (χ1v) is 11.5. The van der Waals surface area contributed by atoms with Crippen molar-refractivity contribution in [3.8, 4) is 6.07 Å². The van der Waals surface area contributed by atoms with E-state index in [1.54, 1.807) is 24.3 Å². The lowest BCUT2D eigenvalue weighted by Gasteiger charge is -2.26. The summed E-state index contributed by atoms with van der Waals surface area (Å²) in [5, 5.41) is 10.2. The van der Waals surface area contributed by atoms with Crippen LogP contribution in [0.2, 0.25) is 0 Å². The Hall–Kier alpha value is -3.02. The molecule has 0 N–H and O–H groups in total. The van der Waals surface area contributed by atoms with E-state index >= 15 is 0 Å². The second kappa shape index (κ2) is 8.38. The van der Waals surface area contributed by atoms with Crippen LogP contribution in [0.1, 0.15) is 38.1 Å². The highest BCUT2D eigenvalue weighted by atomic mass is 32.2. The zero-order valence-corrected chi connectivity index (χ0v) is 17.7. The number of benzene rings is 2. The van der Waals surface area contributed by atoms with Gasteiger partial charge in [-0.05, 0) is 42.7 Å². The molecule has 2 atom stereocenters. The molecule has 2 amide bonds. The number of hydrogen-bond donors (Lipinski definition) is 0. The molecule has 0 aliphatic carbocycles. The number of amides is 2. The van der Waals surface area contributed by atoms with Gasteiger partial charge in [-0.15, -0.1) is 11.3 Å². The van der Waals surface area contributed by atoms with Gasteiger partial charge in [0.15, 0.2) is 11.7 Å². The molecular weight excluding hydrogens is 418 g/mol. The number of nitrogens with zero attached hydrogens (tertiary/aromatic N) is 3. The molecule has 2 aromatic carbocycles. The van der Waals surface area contributed by atoms with Crippen molar-refractivity contribution in [3.63, 3.8) is 0 Å². The SMILES string of the molecule is CSCC[C@@H](C(=O)[C@H](C#N)c1nc2ccccc2s1)N1C(=O)c2ccccc2C1=O. The summed E-state index contributed by atoms with van der Waals surface area (Å²) in [7, 11) is 0. The number of nitriles is 1. The van der Waals surface area contributed by atoms with Crippen LogP contribution in [-0.4, -0.2) is 45.5 Å². The van der Waals surface area contributed by atoms with Crippen LogP contribution in [0.5, 0.6) is 0 Å². The standard InChI is InChI=1S/C22H17N3O3S2/c1-29-11-10-17(25-21(27)13-6-2-3-7-14(13)22(25)28)19(26)15(12-23)20-24-16-8-4-5-9-18(16)30-20/h2-9,15,17H,10-11H2,1H3/t15-,17-/m0/s1.